The molecule has 3 heterocycles. The maximum Gasteiger partial charge on any atom is 0.272 e. The molecule has 3 aromatic rings. The lowest BCUT2D eigenvalue weighted by Crippen LogP contribution is -2.27. The number of imidazole rings is 1. The average molecular weight is 322 g/mol. The highest BCUT2D eigenvalue weighted by molar-refractivity contribution is 5.93. The van der Waals surface area contributed by atoms with Crippen LogP contribution in [0, 0.1) is 11.3 Å². The van der Waals surface area contributed by atoms with E-state index in [-0.39, 0.29) is 11.9 Å². The Kier molecular flexibility index (Phi) is 3.06. The zero-order valence-electron chi connectivity index (χ0n) is 12.9. The van der Waals surface area contributed by atoms with Crippen LogP contribution in [-0.2, 0) is 5.54 Å². The molecule has 0 radical (unpaired) electrons. The van der Waals surface area contributed by atoms with Crippen molar-refractivity contribution in [2.24, 2.45) is 0 Å². The molecule has 24 heavy (non-hydrogen) atoms. The molecule has 0 bridgehead atoms. The Morgan fingerprint density at radius 1 is 1.46 bits per heavy atom. The summed E-state index contributed by atoms with van der Waals surface area (Å²) in [4.78, 5) is 20.6. The van der Waals surface area contributed by atoms with Gasteiger partial charge in [-0.15, -0.1) is 5.10 Å². The SMILES string of the molecule is C[C@H](NC(=O)c1cn2ccncc2n1)c1cn(C2(C#N)CC2)nn1. The van der Waals surface area contributed by atoms with Crippen molar-refractivity contribution in [3.8, 4) is 6.07 Å². The van der Waals surface area contributed by atoms with Crippen LogP contribution < -0.4 is 5.32 Å². The van der Waals surface area contributed by atoms with E-state index in [1.165, 1.54) is 0 Å². The predicted molar refractivity (Wildman–Crippen MR) is 81.7 cm³/mol. The normalized spacial score (nSPS) is 16.5. The standard InChI is InChI=1S/C15H14N8O/c1-10(11-8-23(21-20-11)15(9-16)2-3-15)18-14(24)12-7-22-5-4-17-6-13(22)19-12/h4-8,10H,2-3H2,1H3,(H,18,24)/t10-/m0/s1. The van der Waals surface area contributed by atoms with Crippen LogP contribution in [0.4, 0.5) is 0 Å². The van der Waals surface area contributed by atoms with Gasteiger partial charge in [0.1, 0.15) is 11.4 Å². The second-order valence-corrected chi connectivity index (χ2v) is 5.89. The summed E-state index contributed by atoms with van der Waals surface area (Å²) in [5, 5.41) is 20.1. The topological polar surface area (TPSA) is 114 Å². The highest BCUT2D eigenvalue weighted by Gasteiger charge is 2.46. The van der Waals surface area contributed by atoms with Crippen molar-refractivity contribution >= 4 is 11.6 Å². The van der Waals surface area contributed by atoms with Crippen LogP contribution in [0.3, 0.4) is 0 Å². The summed E-state index contributed by atoms with van der Waals surface area (Å²) in [6, 6.07) is 1.91. The van der Waals surface area contributed by atoms with Crippen molar-refractivity contribution in [2.45, 2.75) is 31.3 Å². The molecule has 3 aromatic heterocycles. The monoisotopic (exact) mass is 322 g/mol. The predicted octanol–water partition coefficient (Wildman–Crippen LogP) is 0.824. The van der Waals surface area contributed by atoms with Gasteiger partial charge in [-0.3, -0.25) is 9.78 Å². The zero-order chi connectivity index (χ0) is 16.7. The quantitative estimate of drug-likeness (QED) is 0.761. The molecular weight excluding hydrogens is 308 g/mol. The number of aromatic nitrogens is 6. The molecule has 1 amide bonds. The first-order valence-electron chi connectivity index (χ1n) is 7.55. The molecule has 1 saturated carbocycles. The maximum absolute atomic E-state index is 12.4. The van der Waals surface area contributed by atoms with Gasteiger partial charge in [0.15, 0.2) is 11.2 Å². The van der Waals surface area contributed by atoms with Crippen molar-refractivity contribution < 1.29 is 4.79 Å². The van der Waals surface area contributed by atoms with E-state index in [0.717, 1.165) is 12.8 Å². The van der Waals surface area contributed by atoms with Crippen molar-refractivity contribution in [3.63, 3.8) is 0 Å². The number of hydrogen-bond donors (Lipinski definition) is 1. The van der Waals surface area contributed by atoms with E-state index in [1.807, 2.05) is 6.92 Å². The molecule has 0 spiro atoms. The van der Waals surface area contributed by atoms with Gasteiger partial charge < -0.3 is 9.72 Å². The molecule has 0 unspecified atom stereocenters. The minimum absolute atomic E-state index is 0.304. The molecule has 1 atom stereocenters. The van der Waals surface area contributed by atoms with E-state index in [4.69, 9.17) is 0 Å². The number of rotatable bonds is 4. The molecule has 1 aliphatic rings. The molecule has 9 heteroatoms. The first-order chi connectivity index (χ1) is 11.6. The lowest BCUT2D eigenvalue weighted by atomic mass is 10.2. The van der Waals surface area contributed by atoms with Crippen LogP contribution in [0.5, 0.6) is 0 Å². The lowest BCUT2D eigenvalue weighted by Gasteiger charge is -2.09. The summed E-state index contributed by atoms with van der Waals surface area (Å²) < 4.78 is 3.31. The molecule has 9 nitrogen and oxygen atoms in total. The lowest BCUT2D eigenvalue weighted by molar-refractivity contribution is 0.0934. The number of fused-ring (bicyclic) bond motifs is 1. The van der Waals surface area contributed by atoms with E-state index in [2.05, 4.69) is 31.7 Å². The number of hydrogen-bond acceptors (Lipinski definition) is 6. The minimum atomic E-state index is -0.552. The summed E-state index contributed by atoms with van der Waals surface area (Å²) in [5.74, 6) is -0.304. The van der Waals surface area contributed by atoms with Crippen molar-refractivity contribution in [2.75, 3.05) is 0 Å². The van der Waals surface area contributed by atoms with Gasteiger partial charge in [-0.2, -0.15) is 5.26 Å². The molecule has 0 aromatic carbocycles. The molecule has 1 N–H and O–H groups in total. The third-order valence-electron chi connectivity index (χ3n) is 4.17. The van der Waals surface area contributed by atoms with E-state index in [0.29, 0.717) is 17.0 Å². The van der Waals surface area contributed by atoms with Gasteiger partial charge >= 0.3 is 0 Å². The molecule has 1 fully saturated rings. The summed E-state index contributed by atoms with van der Waals surface area (Å²) in [7, 11) is 0. The van der Waals surface area contributed by atoms with E-state index < -0.39 is 5.54 Å². The summed E-state index contributed by atoms with van der Waals surface area (Å²) >= 11 is 0. The Bertz CT molecular complexity index is 928. The third kappa shape index (κ3) is 2.28. The zero-order valence-corrected chi connectivity index (χ0v) is 12.9. The molecule has 1 aliphatic carbocycles. The average Bonchev–Trinajstić information content (AvgIpc) is 3.05. The number of carbonyl (C=O) groups excluding carboxylic acids is 1. The fourth-order valence-electron chi connectivity index (χ4n) is 2.49. The van der Waals surface area contributed by atoms with Gasteiger partial charge in [0.25, 0.3) is 5.91 Å². The summed E-state index contributed by atoms with van der Waals surface area (Å²) in [6.07, 6.45) is 9.86. The number of carbonyl (C=O) groups is 1. The highest BCUT2D eigenvalue weighted by Crippen LogP contribution is 2.42. The second-order valence-electron chi connectivity index (χ2n) is 5.89. The van der Waals surface area contributed by atoms with Crippen molar-refractivity contribution in [1.29, 1.82) is 5.26 Å². The first kappa shape index (κ1) is 14.3. The van der Waals surface area contributed by atoms with Crippen LogP contribution in [0.15, 0.2) is 31.0 Å². The fraction of sp³-hybridized carbons (Fsp3) is 0.333. The van der Waals surface area contributed by atoms with E-state index in [1.54, 1.807) is 40.1 Å². The molecule has 120 valence electrons. The van der Waals surface area contributed by atoms with Crippen LogP contribution in [0.2, 0.25) is 0 Å². The van der Waals surface area contributed by atoms with Gasteiger partial charge in [-0.25, -0.2) is 9.67 Å². The first-order valence-corrected chi connectivity index (χ1v) is 7.55. The van der Waals surface area contributed by atoms with Crippen molar-refractivity contribution in [1.82, 2.24) is 34.7 Å². The van der Waals surface area contributed by atoms with Gasteiger partial charge in [0, 0.05) is 18.6 Å². The van der Waals surface area contributed by atoms with Gasteiger partial charge in [-0.05, 0) is 19.8 Å². The number of nitrogens with one attached hydrogen (secondary N) is 1. The Labute approximate surface area is 136 Å². The fourth-order valence-corrected chi connectivity index (χ4v) is 2.49. The van der Waals surface area contributed by atoms with E-state index >= 15 is 0 Å². The maximum atomic E-state index is 12.4. The highest BCUT2D eigenvalue weighted by atomic mass is 16.2. The number of amides is 1. The Morgan fingerprint density at radius 2 is 2.29 bits per heavy atom. The molecular formula is C15H14N8O. The van der Waals surface area contributed by atoms with Crippen LogP contribution in [-0.4, -0.2) is 35.3 Å². The molecule has 0 aliphatic heterocycles. The third-order valence-corrected chi connectivity index (χ3v) is 4.17. The van der Waals surface area contributed by atoms with Crippen LogP contribution in [0.25, 0.3) is 5.65 Å². The molecule has 0 saturated heterocycles. The Hall–Kier alpha value is -3.28. The molecule has 4 rings (SSSR count). The van der Waals surface area contributed by atoms with Crippen molar-refractivity contribution in [3.05, 3.63) is 42.4 Å². The summed E-state index contributed by atoms with van der Waals surface area (Å²) in [6.45, 7) is 1.82. The number of nitriles is 1. The van der Waals surface area contributed by atoms with Crippen LogP contribution in [0.1, 0.15) is 42.0 Å². The summed E-state index contributed by atoms with van der Waals surface area (Å²) in [5.41, 5.74) is 0.961. The largest absolute Gasteiger partial charge is 0.342 e. The van der Waals surface area contributed by atoms with Gasteiger partial charge in [0.05, 0.1) is 24.5 Å². The number of nitrogens with zero attached hydrogens (tertiary/aromatic N) is 7. The minimum Gasteiger partial charge on any atom is -0.342 e. The van der Waals surface area contributed by atoms with Gasteiger partial charge in [0.2, 0.25) is 0 Å². The smallest absolute Gasteiger partial charge is 0.272 e. The van der Waals surface area contributed by atoms with Crippen LogP contribution >= 0.6 is 0 Å². The second kappa shape index (κ2) is 5.13. The Morgan fingerprint density at radius 3 is 3.00 bits per heavy atom. The van der Waals surface area contributed by atoms with E-state index in [9.17, 15) is 10.1 Å². The Balaban J connectivity index is 1.50. The van der Waals surface area contributed by atoms with Gasteiger partial charge in [-0.1, -0.05) is 5.21 Å².